The molecule has 112 valence electrons. The van der Waals surface area contributed by atoms with Crippen LogP contribution >= 0.6 is 0 Å². The zero-order valence-corrected chi connectivity index (χ0v) is 12.7. The summed E-state index contributed by atoms with van der Waals surface area (Å²) in [5.41, 5.74) is 1.10. The predicted octanol–water partition coefficient (Wildman–Crippen LogP) is 2.59. The highest BCUT2D eigenvalue weighted by Gasteiger charge is 2.14. The summed E-state index contributed by atoms with van der Waals surface area (Å²) in [7, 11) is 0. The summed E-state index contributed by atoms with van der Waals surface area (Å²) in [5.74, 6) is 0. The first kappa shape index (κ1) is 15.1. The Hall–Kier alpha value is -1.29. The maximum atomic E-state index is 11.6. The van der Waals surface area contributed by atoms with E-state index in [0.29, 0.717) is 18.6 Å². The summed E-state index contributed by atoms with van der Waals surface area (Å²) < 4.78 is 1.74. The monoisotopic (exact) mass is 277 g/mol. The molecule has 0 amide bonds. The lowest BCUT2D eigenvalue weighted by molar-refractivity contribution is 0.456. The van der Waals surface area contributed by atoms with Crippen LogP contribution in [0.15, 0.2) is 23.1 Å². The first-order valence-corrected chi connectivity index (χ1v) is 7.89. The van der Waals surface area contributed by atoms with Gasteiger partial charge in [0, 0.05) is 30.9 Å². The van der Waals surface area contributed by atoms with Crippen LogP contribution in [0, 0.1) is 0 Å². The van der Waals surface area contributed by atoms with Gasteiger partial charge in [0.05, 0.1) is 5.69 Å². The highest BCUT2D eigenvalue weighted by Crippen LogP contribution is 2.15. The molecule has 1 aliphatic heterocycles. The second-order valence-electron chi connectivity index (χ2n) is 5.82. The molecule has 0 spiro atoms. The van der Waals surface area contributed by atoms with E-state index in [4.69, 9.17) is 0 Å². The molecule has 0 aromatic carbocycles. The van der Waals surface area contributed by atoms with E-state index in [-0.39, 0.29) is 5.56 Å². The fraction of sp³-hybridized carbons (Fsp3) is 0.688. The zero-order valence-electron chi connectivity index (χ0n) is 12.7. The Morgan fingerprint density at radius 3 is 3.05 bits per heavy atom. The van der Waals surface area contributed by atoms with Crippen LogP contribution in [0.1, 0.15) is 46.0 Å². The fourth-order valence-corrected chi connectivity index (χ4v) is 2.94. The van der Waals surface area contributed by atoms with E-state index in [1.165, 1.54) is 25.7 Å². The molecule has 1 aromatic heterocycles. The summed E-state index contributed by atoms with van der Waals surface area (Å²) in [6, 6.07) is 4.55. The smallest absolute Gasteiger partial charge is 0.250 e. The topological polar surface area (TPSA) is 46.1 Å². The van der Waals surface area contributed by atoms with Crippen molar-refractivity contribution in [2.24, 2.45) is 0 Å². The van der Waals surface area contributed by atoms with Gasteiger partial charge in [-0.3, -0.25) is 4.79 Å². The van der Waals surface area contributed by atoms with Crippen molar-refractivity contribution in [1.29, 1.82) is 0 Å². The molecule has 0 saturated carbocycles. The largest absolute Gasteiger partial charge is 0.381 e. The van der Waals surface area contributed by atoms with Crippen LogP contribution < -0.4 is 16.2 Å². The molecule has 4 heteroatoms. The van der Waals surface area contributed by atoms with Gasteiger partial charge in [-0.1, -0.05) is 12.8 Å². The molecular formula is C16H27N3O. The van der Waals surface area contributed by atoms with Gasteiger partial charge < -0.3 is 15.2 Å². The van der Waals surface area contributed by atoms with Crippen molar-refractivity contribution >= 4 is 5.69 Å². The molecule has 2 N–H and O–H groups in total. The van der Waals surface area contributed by atoms with Gasteiger partial charge in [-0.05, 0) is 45.7 Å². The van der Waals surface area contributed by atoms with Gasteiger partial charge in [0.15, 0.2) is 0 Å². The van der Waals surface area contributed by atoms with Crippen molar-refractivity contribution in [2.45, 2.75) is 64.6 Å². The molecule has 1 aromatic rings. The molecule has 1 fully saturated rings. The molecule has 1 aliphatic rings. The second kappa shape index (κ2) is 7.48. The van der Waals surface area contributed by atoms with E-state index in [1.807, 2.05) is 19.2 Å². The maximum Gasteiger partial charge on any atom is 0.250 e. The van der Waals surface area contributed by atoms with E-state index in [0.717, 1.165) is 18.7 Å². The molecule has 2 unspecified atom stereocenters. The van der Waals surface area contributed by atoms with Crippen molar-refractivity contribution in [2.75, 3.05) is 11.9 Å². The van der Waals surface area contributed by atoms with E-state index in [9.17, 15) is 4.79 Å². The Labute approximate surface area is 121 Å². The predicted molar refractivity (Wildman–Crippen MR) is 84.3 cm³/mol. The van der Waals surface area contributed by atoms with Crippen LogP contribution in [0.5, 0.6) is 0 Å². The average Bonchev–Trinajstić information content (AvgIpc) is 2.69. The van der Waals surface area contributed by atoms with Gasteiger partial charge in [-0.15, -0.1) is 0 Å². The van der Waals surface area contributed by atoms with Crippen molar-refractivity contribution < 1.29 is 0 Å². The maximum absolute atomic E-state index is 11.6. The Morgan fingerprint density at radius 1 is 1.40 bits per heavy atom. The van der Waals surface area contributed by atoms with E-state index >= 15 is 0 Å². The number of anilines is 1. The van der Waals surface area contributed by atoms with Crippen LogP contribution in [-0.2, 0) is 6.54 Å². The minimum absolute atomic E-state index is 0.0659. The van der Waals surface area contributed by atoms with Gasteiger partial charge >= 0.3 is 0 Å². The minimum atomic E-state index is 0.0659. The van der Waals surface area contributed by atoms with Gasteiger partial charge in [0.1, 0.15) is 0 Å². The number of hydrogen-bond acceptors (Lipinski definition) is 3. The zero-order chi connectivity index (χ0) is 14.4. The van der Waals surface area contributed by atoms with Crippen LogP contribution in [0.3, 0.4) is 0 Å². The molecular weight excluding hydrogens is 250 g/mol. The number of rotatable bonds is 5. The molecule has 20 heavy (non-hydrogen) atoms. The lowest BCUT2D eigenvalue weighted by Gasteiger charge is -2.22. The molecule has 0 aliphatic carbocycles. The lowest BCUT2D eigenvalue weighted by atomic mass is 10.0. The number of aryl methyl sites for hydroxylation is 1. The van der Waals surface area contributed by atoms with E-state index < -0.39 is 0 Å². The number of hydrogen-bond donors (Lipinski definition) is 2. The lowest BCUT2D eigenvalue weighted by Crippen LogP contribution is -2.33. The van der Waals surface area contributed by atoms with Gasteiger partial charge in [-0.25, -0.2) is 0 Å². The molecule has 1 saturated heterocycles. The van der Waals surface area contributed by atoms with Crippen LogP contribution in [0.4, 0.5) is 5.69 Å². The van der Waals surface area contributed by atoms with Crippen LogP contribution in [0.2, 0.25) is 0 Å². The molecule has 2 rings (SSSR count). The molecule has 2 atom stereocenters. The average molecular weight is 277 g/mol. The number of pyridine rings is 1. The van der Waals surface area contributed by atoms with Gasteiger partial charge in [-0.2, -0.15) is 0 Å². The number of nitrogens with one attached hydrogen (secondary N) is 2. The Morgan fingerprint density at radius 2 is 2.25 bits per heavy atom. The Kier molecular flexibility index (Phi) is 5.65. The van der Waals surface area contributed by atoms with E-state index in [1.54, 1.807) is 10.6 Å². The van der Waals surface area contributed by atoms with Crippen molar-refractivity contribution in [3.8, 4) is 0 Å². The minimum Gasteiger partial charge on any atom is -0.381 e. The van der Waals surface area contributed by atoms with Crippen molar-refractivity contribution in [3.63, 3.8) is 0 Å². The highest BCUT2D eigenvalue weighted by molar-refractivity contribution is 5.41. The van der Waals surface area contributed by atoms with Crippen molar-refractivity contribution in [3.05, 3.63) is 28.7 Å². The quantitative estimate of drug-likeness (QED) is 0.869. The van der Waals surface area contributed by atoms with Gasteiger partial charge in [0.2, 0.25) is 0 Å². The first-order chi connectivity index (χ1) is 9.69. The van der Waals surface area contributed by atoms with Gasteiger partial charge in [0.25, 0.3) is 5.56 Å². The fourth-order valence-electron chi connectivity index (χ4n) is 2.94. The standard InChI is InChI=1S/C16H27N3O/c1-3-19-12-15(8-9-16(19)20)18-13(2)11-14-7-5-4-6-10-17-14/h8-9,12-14,17-18H,3-7,10-11H2,1-2H3. The molecule has 2 heterocycles. The summed E-state index contributed by atoms with van der Waals surface area (Å²) in [5, 5.41) is 7.15. The second-order valence-corrected chi connectivity index (χ2v) is 5.82. The van der Waals surface area contributed by atoms with Crippen molar-refractivity contribution in [1.82, 2.24) is 9.88 Å². The first-order valence-electron chi connectivity index (χ1n) is 7.89. The highest BCUT2D eigenvalue weighted by atomic mass is 16.1. The number of aromatic nitrogens is 1. The summed E-state index contributed by atoms with van der Waals surface area (Å²) in [4.78, 5) is 11.6. The normalized spacial score (nSPS) is 21.2. The van der Waals surface area contributed by atoms with Crippen LogP contribution in [0.25, 0.3) is 0 Å². The summed E-state index contributed by atoms with van der Waals surface area (Å²) in [6.07, 6.45) is 8.32. The summed E-state index contributed by atoms with van der Waals surface area (Å²) in [6.45, 7) is 6.07. The Bertz CT molecular complexity index is 461. The van der Waals surface area contributed by atoms with E-state index in [2.05, 4.69) is 17.6 Å². The SMILES string of the molecule is CCn1cc(NC(C)CC2CCCCCN2)ccc1=O. The molecule has 0 radical (unpaired) electrons. The third-order valence-corrected chi connectivity index (χ3v) is 4.04. The third-order valence-electron chi connectivity index (χ3n) is 4.04. The Balaban J connectivity index is 1.90. The third kappa shape index (κ3) is 4.37. The van der Waals surface area contributed by atoms with Crippen LogP contribution in [-0.4, -0.2) is 23.2 Å². The number of nitrogens with zero attached hydrogens (tertiary/aromatic N) is 1. The summed E-state index contributed by atoms with van der Waals surface area (Å²) >= 11 is 0. The molecule has 4 nitrogen and oxygen atoms in total. The molecule has 0 bridgehead atoms.